The first kappa shape index (κ1) is 10.9. The summed E-state index contributed by atoms with van der Waals surface area (Å²) in [7, 11) is 2.01. The molecule has 1 aromatic rings. The van der Waals surface area contributed by atoms with Gasteiger partial charge in [-0.3, -0.25) is 0 Å². The van der Waals surface area contributed by atoms with Gasteiger partial charge >= 0.3 is 0 Å². The Bertz CT molecular complexity index is 221. The Kier molecular flexibility index (Phi) is 4.69. The van der Waals surface area contributed by atoms with Gasteiger partial charge in [-0.15, -0.1) is 0 Å². The standard InChI is InChI=1S/C8H15N3S2/c1-4-7(9-3)6(2)12-8-10-5-11-13-8/h5-7,9H,4H2,1-3H3. The fourth-order valence-corrected chi connectivity index (χ4v) is 3.18. The quantitative estimate of drug-likeness (QED) is 0.766. The predicted octanol–water partition coefficient (Wildman–Crippen LogP) is 2.02. The molecule has 3 nitrogen and oxygen atoms in total. The van der Waals surface area contributed by atoms with Crippen LogP contribution in [0, 0.1) is 0 Å². The Labute approximate surface area is 87.5 Å². The van der Waals surface area contributed by atoms with Gasteiger partial charge in [-0.1, -0.05) is 25.6 Å². The van der Waals surface area contributed by atoms with Crippen LogP contribution in [0.15, 0.2) is 10.7 Å². The Balaban J connectivity index is 2.44. The van der Waals surface area contributed by atoms with Crippen LogP contribution in [-0.4, -0.2) is 27.7 Å². The van der Waals surface area contributed by atoms with E-state index in [4.69, 9.17) is 0 Å². The summed E-state index contributed by atoms with van der Waals surface area (Å²) in [5.74, 6) is 0. The molecule has 0 aliphatic heterocycles. The molecule has 0 saturated heterocycles. The molecule has 74 valence electrons. The van der Waals surface area contributed by atoms with Gasteiger partial charge < -0.3 is 5.32 Å². The van der Waals surface area contributed by atoms with Gasteiger partial charge in [0.05, 0.1) is 0 Å². The molecule has 1 heterocycles. The van der Waals surface area contributed by atoms with E-state index in [2.05, 4.69) is 28.5 Å². The molecular weight excluding hydrogens is 202 g/mol. The maximum atomic E-state index is 4.15. The number of hydrogen-bond acceptors (Lipinski definition) is 5. The summed E-state index contributed by atoms with van der Waals surface area (Å²) < 4.78 is 5.03. The van der Waals surface area contributed by atoms with E-state index in [9.17, 15) is 0 Å². The van der Waals surface area contributed by atoms with E-state index in [-0.39, 0.29) is 0 Å². The van der Waals surface area contributed by atoms with Crippen LogP contribution in [0.4, 0.5) is 0 Å². The first-order chi connectivity index (χ1) is 6.27. The molecule has 0 spiro atoms. The Morgan fingerprint density at radius 1 is 1.69 bits per heavy atom. The van der Waals surface area contributed by atoms with Gasteiger partial charge in [0.2, 0.25) is 0 Å². The summed E-state index contributed by atoms with van der Waals surface area (Å²) in [6.45, 7) is 4.41. The molecule has 0 amide bonds. The zero-order valence-corrected chi connectivity index (χ0v) is 9.78. The number of thioether (sulfide) groups is 1. The highest BCUT2D eigenvalue weighted by molar-refractivity contribution is 8.01. The Morgan fingerprint density at radius 2 is 2.46 bits per heavy atom. The molecule has 5 heteroatoms. The van der Waals surface area contributed by atoms with Gasteiger partial charge in [0.25, 0.3) is 0 Å². The van der Waals surface area contributed by atoms with E-state index in [0.29, 0.717) is 11.3 Å². The summed E-state index contributed by atoms with van der Waals surface area (Å²) in [6, 6.07) is 0.550. The lowest BCUT2D eigenvalue weighted by Gasteiger charge is -2.20. The SMILES string of the molecule is CCC(NC)C(C)Sc1ncns1. The molecule has 0 fully saturated rings. The highest BCUT2D eigenvalue weighted by Crippen LogP contribution is 2.26. The second kappa shape index (κ2) is 5.57. The highest BCUT2D eigenvalue weighted by atomic mass is 32.2. The van der Waals surface area contributed by atoms with Gasteiger partial charge in [0.1, 0.15) is 6.33 Å². The monoisotopic (exact) mass is 217 g/mol. The van der Waals surface area contributed by atoms with Crippen molar-refractivity contribution in [3.05, 3.63) is 6.33 Å². The van der Waals surface area contributed by atoms with Crippen LogP contribution < -0.4 is 5.32 Å². The number of nitrogens with one attached hydrogen (secondary N) is 1. The highest BCUT2D eigenvalue weighted by Gasteiger charge is 2.15. The van der Waals surface area contributed by atoms with Crippen LogP contribution in [0.25, 0.3) is 0 Å². The normalized spacial score (nSPS) is 15.6. The minimum Gasteiger partial charge on any atom is -0.316 e. The molecule has 1 rings (SSSR count). The summed E-state index contributed by atoms with van der Waals surface area (Å²) in [4.78, 5) is 4.15. The average Bonchev–Trinajstić information content (AvgIpc) is 2.59. The van der Waals surface area contributed by atoms with Crippen LogP contribution in [0.1, 0.15) is 20.3 Å². The lowest BCUT2D eigenvalue weighted by atomic mass is 10.2. The number of rotatable bonds is 5. The van der Waals surface area contributed by atoms with Crippen LogP contribution in [0.3, 0.4) is 0 Å². The summed E-state index contributed by atoms with van der Waals surface area (Å²) in [5, 5.41) is 3.84. The molecule has 2 unspecified atom stereocenters. The Morgan fingerprint density at radius 3 is 2.92 bits per heavy atom. The van der Waals surface area contributed by atoms with E-state index in [0.717, 1.165) is 10.8 Å². The van der Waals surface area contributed by atoms with Crippen molar-refractivity contribution in [3.63, 3.8) is 0 Å². The first-order valence-corrected chi connectivity index (χ1v) is 6.03. The third-order valence-corrected chi connectivity index (χ3v) is 3.99. The molecule has 0 saturated carbocycles. The van der Waals surface area contributed by atoms with Crippen molar-refractivity contribution in [1.29, 1.82) is 0 Å². The molecule has 0 aliphatic carbocycles. The fraction of sp³-hybridized carbons (Fsp3) is 0.750. The predicted molar refractivity (Wildman–Crippen MR) is 58.4 cm³/mol. The first-order valence-electron chi connectivity index (χ1n) is 4.38. The van der Waals surface area contributed by atoms with Crippen molar-refractivity contribution in [3.8, 4) is 0 Å². The average molecular weight is 217 g/mol. The topological polar surface area (TPSA) is 37.8 Å². The second-order valence-corrected chi connectivity index (χ2v) is 5.24. The lowest BCUT2D eigenvalue weighted by molar-refractivity contribution is 0.541. The Hall–Kier alpha value is -0.130. The van der Waals surface area contributed by atoms with Crippen LogP contribution in [0.2, 0.25) is 0 Å². The number of aromatic nitrogens is 2. The van der Waals surface area contributed by atoms with Crippen LogP contribution in [0.5, 0.6) is 0 Å². The van der Waals surface area contributed by atoms with Gasteiger partial charge in [-0.25, -0.2) is 4.98 Å². The van der Waals surface area contributed by atoms with Crippen molar-refractivity contribution < 1.29 is 0 Å². The van der Waals surface area contributed by atoms with E-state index in [1.54, 1.807) is 18.1 Å². The maximum Gasteiger partial charge on any atom is 0.170 e. The smallest absolute Gasteiger partial charge is 0.170 e. The molecule has 0 bridgehead atoms. The van der Waals surface area contributed by atoms with Gasteiger partial charge in [-0.05, 0) is 25.0 Å². The van der Waals surface area contributed by atoms with Crippen molar-refractivity contribution in [2.75, 3.05) is 7.05 Å². The fourth-order valence-electron chi connectivity index (χ4n) is 1.23. The van der Waals surface area contributed by atoms with Gasteiger partial charge in [0.15, 0.2) is 4.34 Å². The lowest BCUT2D eigenvalue weighted by Crippen LogP contribution is -2.33. The van der Waals surface area contributed by atoms with Crippen LogP contribution >= 0.6 is 23.3 Å². The zero-order chi connectivity index (χ0) is 9.68. The zero-order valence-electron chi connectivity index (χ0n) is 8.15. The molecule has 0 radical (unpaired) electrons. The molecule has 0 aromatic carbocycles. The third kappa shape index (κ3) is 3.25. The van der Waals surface area contributed by atoms with Crippen molar-refractivity contribution in [2.45, 2.75) is 35.9 Å². The molecule has 0 aliphatic rings. The number of hydrogen-bond donors (Lipinski definition) is 1. The molecular formula is C8H15N3S2. The van der Waals surface area contributed by atoms with E-state index in [1.165, 1.54) is 11.5 Å². The molecule has 2 atom stereocenters. The van der Waals surface area contributed by atoms with E-state index < -0.39 is 0 Å². The van der Waals surface area contributed by atoms with E-state index in [1.807, 2.05) is 7.05 Å². The van der Waals surface area contributed by atoms with E-state index >= 15 is 0 Å². The summed E-state index contributed by atoms with van der Waals surface area (Å²) in [6.07, 6.45) is 2.75. The second-order valence-electron chi connectivity index (χ2n) is 2.83. The van der Waals surface area contributed by atoms with Crippen LogP contribution in [-0.2, 0) is 0 Å². The van der Waals surface area contributed by atoms with Crippen molar-refractivity contribution >= 4 is 23.3 Å². The van der Waals surface area contributed by atoms with Gasteiger partial charge in [0, 0.05) is 11.3 Å². The van der Waals surface area contributed by atoms with Gasteiger partial charge in [-0.2, -0.15) is 4.37 Å². The summed E-state index contributed by atoms with van der Waals surface area (Å²) in [5.41, 5.74) is 0. The minimum atomic E-state index is 0.544. The third-order valence-electron chi connectivity index (χ3n) is 2.01. The molecule has 1 N–H and O–H groups in total. The van der Waals surface area contributed by atoms with Crippen molar-refractivity contribution in [2.24, 2.45) is 0 Å². The maximum absolute atomic E-state index is 4.15. The molecule has 13 heavy (non-hydrogen) atoms. The summed E-state index contributed by atoms with van der Waals surface area (Å²) >= 11 is 3.25. The minimum absolute atomic E-state index is 0.544. The van der Waals surface area contributed by atoms with Crippen molar-refractivity contribution in [1.82, 2.24) is 14.7 Å². The molecule has 1 aromatic heterocycles. The largest absolute Gasteiger partial charge is 0.316 e. The number of nitrogens with zero attached hydrogens (tertiary/aromatic N) is 2.